The highest BCUT2D eigenvalue weighted by Gasteiger charge is 2.46. The van der Waals surface area contributed by atoms with Gasteiger partial charge in [-0.2, -0.15) is 0 Å². The van der Waals surface area contributed by atoms with E-state index in [9.17, 15) is 4.79 Å². The summed E-state index contributed by atoms with van der Waals surface area (Å²) in [6.45, 7) is 9.35. The van der Waals surface area contributed by atoms with Crippen LogP contribution in [0.15, 0.2) is 12.2 Å². The molecule has 0 saturated carbocycles. The minimum absolute atomic E-state index is 0.0419. The van der Waals surface area contributed by atoms with Gasteiger partial charge in [0.25, 0.3) is 0 Å². The van der Waals surface area contributed by atoms with Gasteiger partial charge >= 0.3 is 5.97 Å². The third-order valence-electron chi connectivity index (χ3n) is 3.54. The Morgan fingerprint density at radius 1 is 1.44 bits per heavy atom. The molecule has 0 bridgehead atoms. The van der Waals surface area contributed by atoms with E-state index in [4.69, 9.17) is 9.84 Å². The molecule has 1 saturated heterocycles. The topological polar surface area (TPSA) is 46.5 Å². The van der Waals surface area contributed by atoms with E-state index in [-0.39, 0.29) is 11.3 Å². The van der Waals surface area contributed by atoms with Crippen LogP contribution >= 0.6 is 0 Å². The summed E-state index contributed by atoms with van der Waals surface area (Å²) in [5.74, 6) is -0.787. The van der Waals surface area contributed by atoms with Crippen LogP contribution in [0.25, 0.3) is 0 Å². The molecule has 92 valence electrons. The number of carboxylic acid groups (broad SMARTS) is 1. The molecule has 0 aromatic carbocycles. The van der Waals surface area contributed by atoms with E-state index in [1.807, 2.05) is 0 Å². The smallest absolute Gasteiger partial charge is 0.331 e. The molecule has 1 rings (SSSR count). The van der Waals surface area contributed by atoms with Crippen molar-refractivity contribution in [2.75, 3.05) is 13.2 Å². The summed E-state index contributed by atoms with van der Waals surface area (Å²) < 4.78 is 5.31. The summed E-state index contributed by atoms with van der Waals surface area (Å²) in [6, 6.07) is 0. The minimum Gasteiger partial charge on any atom is -0.478 e. The fraction of sp³-hybridized carbons (Fsp3) is 0.769. The van der Waals surface area contributed by atoms with Crippen molar-refractivity contribution in [1.29, 1.82) is 0 Å². The van der Waals surface area contributed by atoms with Gasteiger partial charge in [-0.25, -0.2) is 4.79 Å². The highest BCUT2D eigenvalue weighted by atomic mass is 16.5. The number of hydrogen-bond donors (Lipinski definition) is 1. The Morgan fingerprint density at radius 2 is 2.06 bits per heavy atom. The summed E-state index contributed by atoms with van der Waals surface area (Å²) in [7, 11) is 0. The van der Waals surface area contributed by atoms with Gasteiger partial charge in [0, 0.05) is 16.9 Å². The number of hydrogen-bond acceptors (Lipinski definition) is 2. The maximum Gasteiger partial charge on any atom is 0.331 e. The van der Waals surface area contributed by atoms with Crippen molar-refractivity contribution >= 4 is 5.97 Å². The van der Waals surface area contributed by atoms with E-state index in [0.29, 0.717) is 18.8 Å². The quantitative estimate of drug-likeness (QED) is 0.679. The molecule has 1 unspecified atom stereocenters. The maximum atomic E-state index is 11.1. The van der Waals surface area contributed by atoms with Crippen LogP contribution in [0.5, 0.6) is 0 Å². The number of carbonyl (C=O) groups is 1. The van der Waals surface area contributed by atoms with Crippen molar-refractivity contribution in [1.82, 2.24) is 0 Å². The molecule has 0 aliphatic carbocycles. The van der Waals surface area contributed by atoms with Crippen LogP contribution in [-0.4, -0.2) is 24.3 Å². The lowest BCUT2D eigenvalue weighted by atomic mass is 9.66. The van der Waals surface area contributed by atoms with E-state index in [1.165, 1.54) is 0 Å². The van der Waals surface area contributed by atoms with Gasteiger partial charge in [-0.3, -0.25) is 0 Å². The monoisotopic (exact) mass is 226 g/mol. The molecule has 16 heavy (non-hydrogen) atoms. The maximum absolute atomic E-state index is 11.1. The zero-order valence-electron chi connectivity index (χ0n) is 10.3. The van der Waals surface area contributed by atoms with Crippen molar-refractivity contribution in [2.24, 2.45) is 11.3 Å². The summed E-state index contributed by atoms with van der Waals surface area (Å²) in [5, 5.41) is 9.09. The predicted molar refractivity (Wildman–Crippen MR) is 63.3 cm³/mol. The lowest BCUT2D eigenvalue weighted by Crippen LogP contribution is -2.49. The highest BCUT2D eigenvalue weighted by molar-refractivity contribution is 5.86. The first-order valence-electron chi connectivity index (χ1n) is 6.07. The molecular formula is C13H22O3. The van der Waals surface area contributed by atoms with E-state index in [0.717, 1.165) is 25.7 Å². The summed E-state index contributed by atoms with van der Waals surface area (Å²) in [5.41, 5.74) is 0.402. The van der Waals surface area contributed by atoms with Gasteiger partial charge < -0.3 is 9.84 Å². The molecular weight excluding hydrogens is 204 g/mol. The average Bonchev–Trinajstić information content (AvgIpc) is 2.19. The van der Waals surface area contributed by atoms with Crippen molar-refractivity contribution < 1.29 is 14.6 Å². The molecule has 3 nitrogen and oxygen atoms in total. The first-order chi connectivity index (χ1) is 7.57. The lowest BCUT2D eigenvalue weighted by Gasteiger charge is -2.47. The standard InChI is InChI=1S/C13H22O3/c1-4-6-11(10(3)12(14)15)13(7-5-2)8-16-9-13/h11H,3-9H2,1-2H3,(H,14,15). The second kappa shape index (κ2) is 5.48. The third kappa shape index (κ3) is 2.46. The van der Waals surface area contributed by atoms with Crippen LogP contribution in [0.2, 0.25) is 0 Å². The van der Waals surface area contributed by atoms with Crippen LogP contribution in [0.4, 0.5) is 0 Å². The van der Waals surface area contributed by atoms with Gasteiger partial charge in [0.2, 0.25) is 0 Å². The van der Waals surface area contributed by atoms with E-state index >= 15 is 0 Å². The molecule has 1 atom stereocenters. The van der Waals surface area contributed by atoms with Gasteiger partial charge in [0.15, 0.2) is 0 Å². The Morgan fingerprint density at radius 3 is 2.38 bits per heavy atom. The number of ether oxygens (including phenoxy) is 1. The zero-order chi connectivity index (χ0) is 12.2. The summed E-state index contributed by atoms with van der Waals surface area (Å²) in [4.78, 5) is 11.1. The van der Waals surface area contributed by atoms with Crippen LogP contribution in [0.1, 0.15) is 39.5 Å². The second-order valence-electron chi connectivity index (χ2n) is 4.78. The Bertz CT molecular complexity index is 266. The highest BCUT2D eigenvalue weighted by Crippen LogP contribution is 2.45. The molecule has 0 aromatic heterocycles. The first kappa shape index (κ1) is 13.2. The molecule has 0 radical (unpaired) electrons. The van der Waals surface area contributed by atoms with E-state index in [1.54, 1.807) is 0 Å². The number of aliphatic carboxylic acids is 1. The number of carboxylic acids is 1. The van der Waals surface area contributed by atoms with Crippen molar-refractivity contribution in [3.63, 3.8) is 0 Å². The molecule has 0 spiro atoms. The van der Waals surface area contributed by atoms with E-state index in [2.05, 4.69) is 20.4 Å². The molecule has 1 aliphatic rings. The van der Waals surface area contributed by atoms with Crippen molar-refractivity contribution in [2.45, 2.75) is 39.5 Å². The molecule has 1 N–H and O–H groups in total. The molecule has 1 heterocycles. The molecule has 1 fully saturated rings. The van der Waals surface area contributed by atoms with Gasteiger partial charge in [-0.1, -0.05) is 33.3 Å². The molecule has 0 amide bonds. The van der Waals surface area contributed by atoms with Crippen LogP contribution in [-0.2, 0) is 9.53 Å². The van der Waals surface area contributed by atoms with Crippen molar-refractivity contribution in [3.05, 3.63) is 12.2 Å². The third-order valence-corrected chi connectivity index (χ3v) is 3.54. The Hall–Kier alpha value is -0.830. The molecule has 3 heteroatoms. The Kier molecular flexibility index (Phi) is 4.54. The van der Waals surface area contributed by atoms with Crippen LogP contribution in [0, 0.1) is 11.3 Å². The molecule has 0 aromatic rings. The number of rotatable bonds is 7. The van der Waals surface area contributed by atoms with Gasteiger partial charge in [-0.05, 0) is 12.8 Å². The Balaban J connectivity index is 2.82. The Labute approximate surface area is 97.5 Å². The van der Waals surface area contributed by atoms with E-state index < -0.39 is 5.97 Å². The zero-order valence-corrected chi connectivity index (χ0v) is 10.3. The second-order valence-corrected chi connectivity index (χ2v) is 4.78. The van der Waals surface area contributed by atoms with Crippen LogP contribution < -0.4 is 0 Å². The largest absolute Gasteiger partial charge is 0.478 e. The van der Waals surface area contributed by atoms with Crippen LogP contribution in [0.3, 0.4) is 0 Å². The SMILES string of the molecule is C=C(C(=O)O)C(CCC)C1(CCC)COC1. The average molecular weight is 226 g/mol. The minimum atomic E-state index is -0.860. The molecule has 1 aliphatic heterocycles. The van der Waals surface area contributed by atoms with Gasteiger partial charge in [-0.15, -0.1) is 0 Å². The first-order valence-corrected chi connectivity index (χ1v) is 6.07. The lowest BCUT2D eigenvalue weighted by molar-refractivity contribution is -0.152. The van der Waals surface area contributed by atoms with Gasteiger partial charge in [0.05, 0.1) is 13.2 Å². The fourth-order valence-corrected chi connectivity index (χ4v) is 2.67. The van der Waals surface area contributed by atoms with Gasteiger partial charge in [0.1, 0.15) is 0 Å². The predicted octanol–water partition coefficient (Wildman–Crippen LogP) is 2.86. The fourth-order valence-electron chi connectivity index (χ4n) is 2.67. The van der Waals surface area contributed by atoms with Crippen molar-refractivity contribution in [3.8, 4) is 0 Å². The summed E-state index contributed by atoms with van der Waals surface area (Å²) in [6.07, 6.45) is 3.98. The normalized spacial score (nSPS) is 19.9. The summed E-state index contributed by atoms with van der Waals surface area (Å²) >= 11 is 0.